The molecule has 0 fully saturated rings. The molecule has 294 valence electrons. The number of aromatic hydroxyl groups is 3. The number of phenols is 3. The fraction of sp³-hybridized carbons (Fsp3) is 0.157. The van der Waals surface area contributed by atoms with Crippen molar-refractivity contribution in [2.45, 2.75) is 46.5 Å². The zero-order valence-electron chi connectivity index (χ0n) is 33.1. The van der Waals surface area contributed by atoms with Crippen LogP contribution in [-0.4, -0.2) is 32.6 Å². The number of carboxylic acids is 1. The molecule has 0 saturated heterocycles. The van der Waals surface area contributed by atoms with Gasteiger partial charge in [0.25, 0.3) is 0 Å². The number of phenolic OH excluding ortho intramolecular Hbond substituents is 3. The van der Waals surface area contributed by atoms with E-state index < -0.39 is 12.8 Å². The molecule has 0 aromatic heterocycles. The van der Waals surface area contributed by atoms with Gasteiger partial charge in [-0.15, -0.1) is 0 Å². The number of carbonyl (C=O) groups is 1. The molecule has 7 aromatic carbocycles. The Morgan fingerprint density at radius 1 is 0.483 bits per heavy atom. The van der Waals surface area contributed by atoms with Crippen molar-refractivity contribution in [1.29, 1.82) is 0 Å². The Bertz CT molecular complexity index is 2470. The van der Waals surface area contributed by atoms with Crippen molar-refractivity contribution < 1.29 is 29.7 Å². The number of aryl methyl sites for hydroxylation is 3. The Kier molecular flexibility index (Phi) is 11.4. The molecule has 6 nitrogen and oxygen atoms in total. The van der Waals surface area contributed by atoms with Crippen molar-refractivity contribution >= 4 is 28.7 Å². The van der Waals surface area contributed by atoms with Gasteiger partial charge < -0.3 is 0 Å². The minimum atomic E-state index is -4.28. The second-order valence-corrected chi connectivity index (χ2v) is 19.9. The monoisotopic (exact) mass is 788 g/mol. The Balaban J connectivity index is 1.51. The van der Waals surface area contributed by atoms with Crippen LogP contribution in [0.3, 0.4) is 0 Å². The van der Waals surface area contributed by atoms with E-state index in [1.807, 2.05) is 166 Å². The van der Waals surface area contributed by atoms with Crippen LogP contribution in [0, 0.1) is 20.8 Å². The predicted octanol–water partition coefficient (Wildman–Crippen LogP) is 9.80. The maximum absolute atomic E-state index is 12.8. The first-order chi connectivity index (χ1) is 28.0. The molecule has 58 heavy (non-hydrogen) atoms. The van der Waals surface area contributed by atoms with Gasteiger partial charge in [-0.05, 0) is 0 Å². The van der Waals surface area contributed by atoms with E-state index in [2.05, 4.69) is 0 Å². The van der Waals surface area contributed by atoms with Gasteiger partial charge in [-0.2, -0.15) is 0 Å². The number of aliphatic carboxylic acids is 1. The number of hydrogen-bond acceptors (Lipinski definition) is 5. The van der Waals surface area contributed by atoms with Gasteiger partial charge in [0.2, 0.25) is 0 Å². The molecule has 0 radical (unpaired) electrons. The maximum atomic E-state index is 12.8. The van der Waals surface area contributed by atoms with Crippen molar-refractivity contribution in [2.24, 2.45) is 0 Å². The Labute approximate surface area is 340 Å². The number of benzene rings is 7. The zero-order valence-corrected chi connectivity index (χ0v) is 34.0. The van der Waals surface area contributed by atoms with Crippen LogP contribution in [0.5, 0.6) is 23.0 Å². The van der Waals surface area contributed by atoms with E-state index in [1.165, 1.54) is 0 Å². The molecule has 7 rings (SSSR count). The van der Waals surface area contributed by atoms with E-state index in [-0.39, 0.29) is 36.3 Å². The molecule has 0 saturated carbocycles. The third kappa shape index (κ3) is 7.81. The summed E-state index contributed by atoms with van der Waals surface area (Å²) in [4.78, 5) is 12.8. The SMILES string of the molecule is Cc1ccc(O)c(Cc2cc(C)cc(Cc3cccc(Cc4cc(C)ccc4O)c3OP(CCC(=O)O)(c3ccccc3)(c3ccccc3)c3ccccc3)c2O)c1. The van der Waals surface area contributed by atoms with Gasteiger partial charge in [0.05, 0.1) is 0 Å². The van der Waals surface area contributed by atoms with Crippen LogP contribution in [-0.2, 0) is 24.1 Å². The molecule has 0 unspecified atom stereocenters. The third-order valence-corrected chi connectivity index (χ3v) is 17.0. The molecular weight excluding hydrogens is 740 g/mol. The quantitative estimate of drug-likeness (QED) is 0.0818. The van der Waals surface area contributed by atoms with Crippen LogP contribution in [0.15, 0.2) is 158 Å². The van der Waals surface area contributed by atoms with Crippen molar-refractivity contribution in [3.63, 3.8) is 0 Å². The standard InChI is InChI=1S/C51H49O6P/c1-35-22-24-47(52)40(28-35)32-38-14-13-15-39(33-42-30-37(3)31-43(50(42)56)34-41-29-36(2)23-25-48(41)53)51(38)57-58(27-26-49(54)55,44-16-7-4-8-17-44,45-18-9-5-10-19-45)46-20-11-6-12-21-46/h4-25,28-31,52-53,56H,26-27,32-34H2,1-3H3,(H,54,55). The fourth-order valence-corrected chi connectivity index (χ4v) is 14.1. The number of rotatable bonds is 14. The Morgan fingerprint density at radius 2 is 0.879 bits per heavy atom. The first kappa shape index (κ1) is 39.9. The van der Waals surface area contributed by atoms with Crippen molar-refractivity contribution in [3.8, 4) is 23.0 Å². The average molecular weight is 789 g/mol. The van der Waals surface area contributed by atoms with E-state index in [0.717, 1.165) is 54.9 Å². The van der Waals surface area contributed by atoms with Crippen molar-refractivity contribution in [3.05, 3.63) is 208 Å². The topological polar surface area (TPSA) is 107 Å². The summed E-state index contributed by atoms with van der Waals surface area (Å²) < 4.78 is 8.07. The van der Waals surface area contributed by atoms with Crippen LogP contribution in [0.1, 0.15) is 56.5 Å². The normalized spacial score (nSPS) is 12.1. The summed E-state index contributed by atoms with van der Waals surface area (Å²) in [6.45, 7) is 1.68. The zero-order chi connectivity index (χ0) is 40.9. The Morgan fingerprint density at radius 3 is 1.31 bits per heavy atom. The van der Waals surface area contributed by atoms with Crippen LogP contribution < -0.4 is 20.4 Å². The predicted molar refractivity (Wildman–Crippen MR) is 236 cm³/mol. The van der Waals surface area contributed by atoms with Gasteiger partial charge in [0, 0.05) is 0 Å². The third-order valence-electron chi connectivity index (χ3n) is 11.2. The second kappa shape index (κ2) is 16.6. The fourth-order valence-electron chi connectivity index (χ4n) is 8.34. The van der Waals surface area contributed by atoms with Crippen molar-refractivity contribution in [1.82, 2.24) is 0 Å². The molecule has 0 atom stereocenters. The van der Waals surface area contributed by atoms with Gasteiger partial charge in [-0.25, -0.2) is 0 Å². The summed E-state index contributed by atoms with van der Waals surface area (Å²) in [5.41, 5.74) is 7.40. The number of hydrogen-bond donors (Lipinski definition) is 4. The van der Waals surface area contributed by atoms with Gasteiger partial charge in [0.1, 0.15) is 0 Å². The van der Waals surface area contributed by atoms with Gasteiger partial charge >= 0.3 is 342 Å². The molecule has 7 heteroatoms. The first-order valence-corrected chi connectivity index (χ1v) is 21.9. The van der Waals surface area contributed by atoms with Crippen LogP contribution >= 0.6 is 6.83 Å². The van der Waals surface area contributed by atoms with Crippen LogP contribution in [0.25, 0.3) is 0 Å². The van der Waals surface area contributed by atoms with Gasteiger partial charge in [-0.3, -0.25) is 0 Å². The summed E-state index contributed by atoms with van der Waals surface area (Å²) in [6.07, 6.45) is 0.958. The summed E-state index contributed by atoms with van der Waals surface area (Å²) >= 11 is 0. The van der Waals surface area contributed by atoms with Crippen LogP contribution in [0.4, 0.5) is 0 Å². The molecule has 0 aliphatic heterocycles. The molecule has 0 spiro atoms. The number of carboxylic acid groups (broad SMARTS) is 1. The average Bonchev–Trinajstić information content (AvgIpc) is 3.23. The van der Waals surface area contributed by atoms with E-state index in [9.17, 15) is 25.2 Å². The van der Waals surface area contributed by atoms with E-state index >= 15 is 0 Å². The number of para-hydroxylation sites is 1. The molecular formula is C51H49O6P. The second-order valence-electron chi connectivity index (χ2n) is 15.3. The Hall–Kier alpha value is -6.36. The van der Waals surface area contributed by atoms with Crippen LogP contribution in [0.2, 0.25) is 0 Å². The summed E-state index contributed by atoms with van der Waals surface area (Å²) in [7, 11) is 0. The molecule has 0 aliphatic carbocycles. The van der Waals surface area contributed by atoms with E-state index in [4.69, 9.17) is 4.52 Å². The molecule has 0 aliphatic rings. The minimum absolute atomic E-state index is 0.136. The summed E-state index contributed by atoms with van der Waals surface area (Å²) in [6, 6.07) is 51.0. The summed E-state index contributed by atoms with van der Waals surface area (Å²) in [5, 5.41) is 47.0. The van der Waals surface area contributed by atoms with Gasteiger partial charge in [-0.1, -0.05) is 0 Å². The molecule has 4 N–H and O–H groups in total. The molecule has 0 amide bonds. The molecule has 0 heterocycles. The first-order valence-electron chi connectivity index (χ1n) is 19.6. The molecule has 0 bridgehead atoms. The van der Waals surface area contributed by atoms with Gasteiger partial charge in [0.15, 0.2) is 0 Å². The molecule has 7 aromatic rings. The van der Waals surface area contributed by atoms with Crippen molar-refractivity contribution in [2.75, 3.05) is 6.16 Å². The summed E-state index contributed by atoms with van der Waals surface area (Å²) in [5.74, 6) is 0.111. The van der Waals surface area contributed by atoms with E-state index in [1.54, 1.807) is 12.1 Å². The van der Waals surface area contributed by atoms with E-state index in [0.29, 0.717) is 29.7 Å².